The largest absolute Gasteiger partial charge is 0.299 e. The van der Waals surface area contributed by atoms with Gasteiger partial charge in [-0.15, -0.1) is 0 Å². The zero-order valence-corrected chi connectivity index (χ0v) is 18.5. The highest BCUT2D eigenvalue weighted by Crippen LogP contribution is 2.48. The summed E-state index contributed by atoms with van der Waals surface area (Å²) < 4.78 is 0. The van der Waals surface area contributed by atoms with Crippen molar-refractivity contribution in [3.05, 3.63) is 59.3 Å². The number of ketones is 1. The third-order valence-electron chi connectivity index (χ3n) is 4.70. The Kier molecular flexibility index (Phi) is 12.7. The molecule has 2 nitrogen and oxygen atoms in total. The summed E-state index contributed by atoms with van der Waals surface area (Å²) in [5, 5.41) is 0.725. The fourth-order valence-corrected chi connectivity index (χ4v) is 2.49. The van der Waals surface area contributed by atoms with Crippen molar-refractivity contribution in [3.63, 3.8) is 0 Å². The van der Waals surface area contributed by atoms with Gasteiger partial charge in [-0.1, -0.05) is 76.9 Å². The standard InChI is InChI=1S/C11H11ClO.C8H13N.C5H12/c1-8(13)11(6-7-11)9-2-4-10(12)5-3-9;1-4-6-8(5-2)7-9-3;1-4-5(2)3/h2-5H,6-7H2,1H3;5,7H,2-4,6H2,1H3;5H,4H2,1-3H3/b;8-7+;. The number of allylic oxidation sites excluding steroid dienone is 2. The zero-order chi connectivity index (χ0) is 20.9. The molecule has 0 spiro atoms. The summed E-state index contributed by atoms with van der Waals surface area (Å²) in [4.78, 5) is 15.0. The maximum Gasteiger partial charge on any atom is 0.140 e. The Balaban J connectivity index is 0.000000423. The number of nitrogens with zero attached hydrogens (tertiary/aromatic N) is 1. The van der Waals surface area contributed by atoms with E-state index >= 15 is 0 Å². The molecule has 1 fully saturated rings. The first kappa shape index (κ1) is 25.3. The smallest absolute Gasteiger partial charge is 0.140 e. The minimum atomic E-state index is -0.162. The first-order chi connectivity index (χ1) is 12.8. The van der Waals surface area contributed by atoms with E-state index < -0.39 is 0 Å². The van der Waals surface area contributed by atoms with Gasteiger partial charge in [-0.05, 0) is 62.1 Å². The summed E-state index contributed by atoms with van der Waals surface area (Å²) in [5.74, 6) is 1.16. The van der Waals surface area contributed by atoms with Crippen molar-refractivity contribution in [3.8, 4) is 0 Å². The predicted octanol–water partition coefficient (Wildman–Crippen LogP) is 7.57. The molecule has 0 radical (unpaired) electrons. The number of aliphatic imine (C=N–C) groups is 1. The van der Waals surface area contributed by atoms with Crippen molar-refractivity contribution in [1.29, 1.82) is 0 Å². The minimum absolute atomic E-state index is 0.162. The molecule has 1 saturated carbocycles. The second-order valence-corrected chi connectivity index (χ2v) is 7.72. The van der Waals surface area contributed by atoms with Gasteiger partial charge in [-0.2, -0.15) is 0 Å². The second-order valence-electron chi connectivity index (χ2n) is 7.29. The van der Waals surface area contributed by atoms with E-state index in [1.807, 2.05) is 30.3 Å². The van der Waals surface area contributed by atoms with Crippen molar-refractivity contribution in [2.45, 2.75) is 72.1 Å². The Morgan fingerprint density at radius 1 is 1.26 bits per heavy atom. The highest BCUT2D eigenvalue weighted by Gasteiger charge is 2.48. The van der Waals surface area contributed by atoms with Crippen molar-refractivity contribution >= 4 is 24.1 Å². The van der Waals surface area contributed by atoms with Crippen molar-refractivity contribution in [2.75, 3.05) is 0 Å². The molecule has 0 amide bonds. The van der Waals surface area contributed by atoms with Gasteiger partial charge in [0.1, 0.15) is 5.78 Å². The zero-order valence-electron chi connectivity index (χ0n) is 17.7. The van der Waals surface area contributed by atoms with E-state index in [-0.39, 0.29) is 11.2 Å². The van der Waals surface area contributed by atoms with E-state index in [1.165, 1.54) is 6.42 Å². The SMILES string of the molecule is C=C/C(=C\N=C)CCC.CC(=O)C1(c2ccc(Cl)cc2)CC1.CCC(C)C. The number of halogens is 1. The molecular formula is C24H36ClNO. The van der Waals surface area contributed by atoms with Crippen LogP contribution in [0.1, 0.15) is 72.3 Å². The molecule has 0 N–H and O–H groups in total. The van der Waals surface area contributed by atoms with E-state index in [9.17, 15) is 4.79 Å². The highest BCUT2D eigenvalue weighted by atomic mass is 35.5. The number of hydrogen-bond donors (Lipinski definition) is 0. The van der Waals surface area contributed by atoms with Crippen LogP contribution in [-0.4, -0.2) is 12.5 Å². The van der Waals surface area contributed by atoms with Crippen molar-refractivity contribution < 1.29 is 4.79 Å². The molecule has 0 saturated heterocycles. The van der Waals surface area contributed by atoms with Crippen LogP contribution < -0.4 is 0 Å². The maximum absolute atomic E-state index is 11.4. The molecular weight excluding hydrogens is 354 g/mol. The topological polar surface area (TPSA) is 29.4 Å². The van der Waals surface area contributed by atoms with E-state index in [1.54, 1.807) is 13.1 Å². The molecule has 150 valence electrons. The average Bonchev–Trinajstić information content (AvgIpc) is 3.45. The van der Waals surface area contributed by atoms with Crippen molar-refractivity contribution in [2.24, 2.45) is 10.9 Å². The molecule has 0 unspecified atom stereocenters. The third kappa shape index (κ3) is 9.72. The van der Waals surface area contributed by atoms with E-state index in [0.29, 0.717) is 0 Å². The van der Waals surface area contributed by atoms with Crippen LogP contribution in [0.3, 0.4) is 0 Å². The van der Waals surface area contributed by atoms with E-state index in [4.69, 9.17) is 11.6 Å². The van der Waals surface area contributed by atoms with Crippen LogP contribution in [0.15, 0.2) is 53.7 Å². The molecule has 0 atom stereocenters. The van der Waals surface area contributed by atoms with Crippen molar-refractivity contribution in [1.82, 2.24) is 0 Å². The third-order valence-corrected chi connectivity index (χ3v) is 4.95. The second kappa shape index (κ2) is 13.5. The van der Waals surface area contributed by atoms with E-state index in [2.05, 4.69) is 46.0 Å². The van der Waals surface area contributed by atoms with Gasteiger partial charge < -0.3 is 0 Å². The number of hydrogen-bond acceptors (Lipinski definition) is 2. The van der Waals surface area contributed by atoms with Crippen LogP contribution in [0.25, 0.3) is 0 Å². The molecule has 1 aliphatic carbocycles. The Morgan fingerprint density at radius 2 is 1.78 bits per heavy atom. The predicted molar refractivity (Wildman–Crippen MR) is 121 cm³/mol. The lowest BCUT2D eigenvalue weighted by atomic mass is 9.92. The lowest BCUT2D eigenvalue weighted by molar-refractivity contribution is -0.119. The Hall–Kier alpha value is -1.67. The quantitative estimate of drug-likeness (QED) is 0.349. The summed E-state index contributed by atoms with van der Waals surface area (Å²) >= 11 is 5.78. The van der Waals surface area contributed by atoms with Crippen LogP contribution in [0.5, 0.6) is 0 Å². The first-order valence-corrected chi connectivity index (χ1v) is 10.2. The molecule has 1 aromatic carbocycles. The first-order valence-electron chi connectivity index (χ1n) is 9.81. The molecule has 2 rings (SSSR count). The summed E-state index contributed by atoms with van der Waals surface area (Å²) in [5.41, 5.74) is 2.11. The maximum atomic E-state index is 11.4. The highest BCUT2D eigenvalue weighted by molar-refractivity contribution is 6.30. The van der Waals surface area contributed by atoms with Gasteiger partial charge >= 0.3 is 0 Å². The minimum Gasteiger partial charge on any atom is -0.299 e. The van der Waals surface area contributed by atoms with Crippen LogP contribution in [0, 0.1) is 5.92 Å². The molecule has 0 heterocycles. The number of rotatable bonds is 7. The summed E-state index contributed by atoms with van der Waals surface area (Å²) in [6.07, 6.45) is 9.03. The fraction of sp³-hybridized carbons (Fsp3) is 0.500. The number of carbonyl (C=O) groups excluding carboxylic acids is 1. The Bertz CT molecular complexity index is 610. The van der Waals surface area contributed by atoms with Gasteiger partial charge in [0.05, 0.1) is 5.41 Å². The van der Waals surface area contributed by atoms with E-state index in [0.717, 1.165) is 47.8 Å². The van der Waals surface area contributed by atoms with Gasteiger partial charge in [0.2, 0.25) is 0 Å². The summed E-state index contributed by atoms with van der Waals surface area (Å²) in [6, 6.07) is 7.60. The summed E-state index contributed by atoms with van der Waals surface area (Å²) in [6.45, 7) is 17.4. The molecule has 0 aromatic heterocycles. The molecule has 1 aromatic rings. The number of benzene rings is 1. The molecule has 1 aliphatic rings. The van der Waals surface area contributed by atoms with Gasteiger partial charge in [0.25, 0.3) is 0 Å². The molecule has 0 bridgehead atoms. The van der Waals surface area contributed by atoms with Crippen LogP contribution >= 0.6 is 11.6 Å². The molecule has 27 heavy (non-hydrogen) atoms. The van der Waals surface area contributed by atoms with Gasteiger partial charge in [0.15, 0.2) is 0 Å². The normalized spacial score (nSPS) is 14.3. The van der Waals surface area contributed by atoms with Gasteiger partial charge in [0, 0.05) is 11.2 Å². The van der Waals surface area contributed by atoms with Gasteiger partial charge in [-0.3, -0.25) is 9.79 Å². The molecule has 3 heteroatoms. The Morgan fingerprint density at radius 3 is 2.07 bits per heavy atom. The van der Waals surface area contributed by atoms with Crippen LogP contribution in [0.2, 0.25) is 5.02 Å². The Labute approximate surface area is 171 Å². The monoisotopic (exact) mass is 389 g/mol. The average molecular weight is 390 g/mol. The number of carbonyl (C=O) groups is 1. The lowest BCUT2D eigenvalue weighted by Gasteiger charge is -2.10. The lowest BCUT2D eigenvalue weighted by Crippen LogP contribution is -2.16. The molecule has 0 aliphatic heterocycles. The number of Topliss-reactive ketones (excluding diaryl/α,β-unsaturated/α-hetero) is 1. The summed E-state index contributed by atoms with van der Waals surface area (Å²) in [7, 11) is 0. The van der Waals surface area contributed by atoms with Crippen LogP contribution in [0.4, 0.5) is 0 Å². The fourth-order valence-electron chi connectivity index (χ4n) is 2.36. The van der Waals surface area contributed by atoms with Crippen LogP contribution in [-0.2, 0) is 10.2 Å². The van der Waals surface area contributed by atoms with Gasteiger partial charge in [-0.25, -0.2) is 0 Å².